The van der Waals surface area contributed by atoms with E-state index in [1.54, 1.807) is 11.3 Å². The molecule has 1 aromatic heterocycles. The van der Waals surface area contributed by atoms with E-state index in [9.17, 15) is 4.79 Å². The number of carbonyl (C=O) groups is 1. The molecule has 0 bridgehead atoms. The van der Waals surface area contributed by atoms with Crippen LogP contribution in [0.2, 0.25) is 0 Å². The molecule has 0 spiro atoms. The molecule has 0 unspecified atom stereocenters. The second-order valence-electron chi connectivity index (χ2n) is 4.66. The first-order chi connectivity index (χ1) is 8.28. The van der Waals surface area contributed by atoms with E-state index in [0.717, 1.165) is 53.8 Å². The highest BCUT2D eigenvalue weighted by Crippen LogP contribution is 2.33. The Hall–Kier alpha value is -0.900. The summed E-state index contributed by atoms with van der Waals surface area (Å²) in [4.78, 5) is 18.8. The van der Waals surface area contributed by atoms with Gasteiger partial charge in [0.25, 0.3) is 0 Å². The summed E-state index contributed by atoms with van der Waals surface area (Å²) >= 11 is 1.55. The lowest BCUT2D eigenvalue weighted by molar-refractivity contribution is 0.112. The first kappa shape index (κ1) is 12.6. The van der Waals surface area contributed by atoms with E-state index in [0.29, 0.717) is 0 Å². The first-order valence-corrected chi connectivity index (χ1v) is 7.29. The number of aromatic nitrogens is 1. The van der Waals surface area contributed by atoms with Crippen LogP contribution in [-0.2, 0) is 6.42 Å². The lowest BCUT2D eigenvalue weighted by Crippen LogP contribution is -2.24. The summed E-state index contributed by atoms with van der Waals surface area (Å²) in [5.41, 5.74) is 0.983. The molecule has 4 heteroatoms. The summed E-state index contributed by atoms with van der Waals surface area (Å²) in [6, 6.07) is 0. The first-order valence-electron chi connectivity index (χ1n) is 6.48. The molecule has 1 aliphatic rings. The van der Waals surface area contributed by atoms with Crippen molar-refractivity contribution < 1.29 is 4.79 Å². The summed E-state index contributed by atoms with van der Waals surface area (Å²) < 4.78 is 0. The van der Waals surface area contributed by atoms with E-state index < -0.39 is 0 Å². The van der Waals surface area contributed by atoms with E-state index >= 15 is 0 Å². The van der Waals surface area contributed by atoms with Gasteiger partial charge in [0.05, 0.1) is 10.6 Å². The van der Waals surface area contributed by atoms with E-state index in [-0.39, 0.29) is 0 Å². The molecule has 1 heterocycles. The highest BCUT2D eigenvalue weighted by molar-refractivity contribution is 7.17. The molecule has 94 valence electrons. The number of thiazole rings is 1. The molecule has 1 aliphatic carbocycles. The van der Waals surface area contributed by atoms with Crippen LogP contribution in [0.1, 0.15) is 48.5 Å². The molecule has 17 heavy (non-hydrogen) atoms. The minimum absolute atomic E-state index is 0.816. The minimum Gasteiger partial charge on any atom is -0.348 e. The highest BCUT2D eigenvalue weighted by Gasteiger charge is 2.25. The van der Waals surface area contributed by atoms with Crippen LogP contribution in [0.15, 0.2) is 0 Å². The van der Waals surface area contributed by atoms with Crippen molar-refractivity contribution in [3.8, 4) is 0 Å². The van der Waals surface area contributed by atoms with Crippen LogP contribution in [0.5, 0.6) is 0 Å². The van der Waals surface area contributed by atoms with Crippen LogP contribution in [0.4, 0.5) is 5.13 Å². The molecule has 1 saturated carbocycles. The SMILES string of the molecule is CCCc1nc(N(CC)CC2CC2)sc1C=O. The van der Waals surface area contributed by atoms with Crippen LogP contribution in [0, 0.1) is 5.92 Å². The second kappa shape index (κ2) is 5.63. The average Bonchev–Trinajstić information content (AvgIpc) is 3.07. The zero-order chi connectivity index (χ0) is 12.3. The van der Waals surface area contributed by atoms with Gasteiger partial charge in [0.15, 0.2) is 11.4 Å². The monoisotopic (exact) mass is 252 g/mol. The summed E-state index contributed by atoms with van der Waals surface area (Å²) in [6.45, 7) is 6.36. The van der Waals surface area contributed by atoms with Crippen LogP contribution < -0.4 is 4.90 Å². The van der Waals surface area contributed by atoms with Crippen molar-refractivity contribution in [3.05, 3.63) is 10.6 Å². The van der Waals surface area contributed by atoms with Gasteiger partial charge < -0.3 is 4.90 Å². The maximum Gasteiger partial charge on any atom is 0.186 e. The lowest BCUT2D eigenvalue weighted by atomic mass is 10.2. The molecule has 2 rings (SSSR count). The predicted molar refractivity (Wildman–Crippen MR) is 72.1 cm³/mol. The van der Waals surface area contributed by atoms with Crippen LogP contribution in [-0.4, -0.2) is 24.4 Å². The fraction of sp³-hybridized carbons (Fsp3) is 0.692. The molecule has 0 aliphatic heterocycles. The molecule has 0 amide bonds. The summed E-state index contributed by atoms with van der Waals surface area (Å²) in [7, 11) is 0. The fourth-order valence-corrected chi connectivity index (χ4v) is 2.95. The van der Waals surface area contributed by atoms with Gasteiger partial charge in [-0.25, -0.2) is 4.98 Å². The zero-order valence-corrected chi connectivity index (χ0v) is 11.4. The smallest absolute Gasteiger partial charge is 0.186 e. The van der Waals surface area contributed by atoms with Crippen LogP contribution in [0.3, 0.4) is 0 Å². The zero-order valence-electron chi connectivity index (χ0n) is 10.6. The molecule has 0 radical (unpaired) electrons. The number of nitrogens with zero attached hydrogens (tertiary/aromatic N) is 2. The second-order valence-corrected chi connectivity index (χ2v) is 5.67. The number of aldehydes is 1. The van der Waals surface area contributed by atoms with Crippen molar-refractivity contribution in [3.63, 3.8) is 0 Å². The fourth-order valence-electron chi connectivity index (χ4n) is 1.95. The van der Waals surface area contributed by atoms with Gasteiger partial charge in [-0.05, 0) is 32.1 Å². The Morgan fingerprint density at radius 3 is 2.76 bits per heavy atom. The third-order valence-corrected chi connectivity index (χ3v) is 4.22. The molecule has 3 nitrogen and oxygen atoms in total. The van der Waals surface area contributed by atoms with Gasteiger partial charge in [0.2, 0.25) is 0 Å². The maximum absolute atomic E-state index is 11.0. The Bertz CT molecular complexity index is 385. The number of rotatable bonds is 7. The van der Waals surface area contributed by atoms with Gasteiger partial charge >= 0.3 is 0 Å². The standard InChI is InChI=1S/C13H20N2OS/c1-3-5-11-12(9-16)17-13(14-11)15(4-2)8-10-6-7-10/h9-10H,3-8H2,1-2H3. The van der Waals surface area contributed by atoms with E-state index in [1.165, 1.54) is 12.8 Å². The van der Waals surface area contributed by atoms with Crippen LogP contribution in [0.25, 0.3) is 0 Å². The summed E-state index contributed by atoms with van der Waals surface area (Å²) in [6.07, 6.45) is 5.61. The van der Waals surface area contributed by atoms with Crippen molar-refractivity contribution in [1.29, 1.82) is 0 Å². The van der Waals surface area contributed by atoms with Crippen molar-refractivity contribution in [2.24, 2.45) is 5.92 Å². The molecular weight excluding hydrogens is 232 g/mol. The molecule has 0 atom stereocenters. The van der Waals surface area contributed by atoms with Crippen molar-refractivity contribution in [2.45, 2.75) is 39.5 Å². The molecule has 0 aromatic carbocycles. The molecule has 1 fully saturated rings. The molecule has 0 N–H and O–H groups in total. The van der Waals surface area contributed by atoms with Gasteiger partial charge in [0.1, 0.15) is 0 Å². The number of carbonyl (C=O) groups excluding carboxylic acids is 1. The van der Waals surface area contributed by atoms with Crippen molar-refractivity contribution in [1.82, 2.24) is 4.98 Å². The van der Waals surface area contributed by atoms with Crippen LogP contribution >= 0.6 is 11.3 Å². The van der Waals surface area contributed by atoms with Crippen molar-refractivity contribution >= 4 is 22.8 Å². The Kier molecular flexibility index (Phi) is 4.15. The van der Waals surface area contributed by atoms with E-state index in [2.05, 4.69) is 23.7 Å². The molecular formula is C13H20N2OS. The van der Waals surface area contributed by atoms with E-state index in [4.69, 9.17) is 0 Å². The highest BCUT2D eigenvalue weighted by atomic mass is 32.1. The Morgan fingerprint density at radius 2 is 2.24 bits per heavy atom. The van der Waals surface area contributed by atoms with Gasteiger partial charge in [-0.1, -0.05) is 24.7 Å². The number of hydrogen-bond donors (Lipinski definition) is 0. The average molecular weight is 252 g/mol. The van der Waals surface area contributed by atoms with Gasteiger partial charge in [-0.15, -0.1) is 0 Å². The number of anilines is 1. The lowest BCUT2D eigenvalue weighted by Gasteiger charge is -2.19. The third kappa shape index (κ3) is 3.06. The van der Waals surface area contributed by atoms with Gasteiger partial charge in [0, 0.05) is 13.1 Å². The topological polar surface area (TPSA) is 33.2 Å². The largest absolute Gasteiger partial charge is 0.348 e. The Balaban J connectivity index is 2.14. The third-order valence-electron chi connectivity index (χ3n) is 3.14. The van der Waals surface area contributed by atoms with Crippen molar-refractivity contribution in [2.75, 3.05) is 18.0 Å². The molecule has 0 saturated heterocycles. The Morgan fingerprint density at radius 1 is 1.47 bits per heavy atom. The van der Waals surface area contributed by atoms with Gasteiger partial charge in [-0.2, -0.15) is 0 Å². The van der Waals surface area contributed by atoms with Gasteiger partial charge in [-0.3, -0.25) is 4.79 Å². The maximum atomic E-state index is 11.0. The Labute approximate surface area is 107 Å². The quantitative estimate of drug-likeness (QED) is 0.699. The normalized spacial score (nSPS) is 14.9. The number of hydrogen-bond acceptors (Lipinski definition) is 4. The van der Waals surface area contributed by atoms with E-state index in [1.807, 2.05) is 0 Å². The predicted octanol–water partition coefficient (Wildman–Crippen LogP) is 3.14. The number of aryl methyl sites for hydroxylation is 1. The summed E-state index contributed by atoms with van der Waals surface area (Å²) in [5, 5.41) is 1.03. The molecule has 1 aromatic rings. The summed E-state index contributed by atoms with van der Waals surface area (Å²) in [5.74, 6) is 0.855. The minimum atomic E-state index is 0.816.